The van der Waals surface area contributed by atoms with Crippen LogP contribution in [0.3, 0.4) is 0 Å². The van der Waals surface area contributed by atoms with Crippen molar-refractivity contribution in [3.8, 4) is 5.75 Å². The lowest BCUT2D eigenvalue weighted by Crippen LogP contribution is -2.27. The van der Waals surface area contributed by atoms with Gasteiger partial charge in [-0.1, -0.05) is 41.0 Å². The van der Waals surface area contributed by atoms with E-state index in [-0.39, 0.29) is 11.8 Å². The molecule has 4 rings (SSSR count). The fourth-order valence-electron chi connectivity index (χ4n) is 3.27. The van der Waals surface area contributed by atoms with Crippen LogP contribution in [0.15, 0.2) is 59.8 Å². The Hall–Kier alpha value is -3.19. The number of carbonyl (C=O) groups excluding carboxylic acids is 1. The van der Waals surface area contributed by atoms with E-state index in [0.29, 0.717) is 23.2 Å². The number of ether oxygens (including phenoxy) is 1. The number of carbonyl (C=O) groups is 1. The summed E-state index contributed by atoms with van der Waals surface area (Å²) in [6.45, 7) is 3.84. The molecule has 0 radical (unpaired) electrons. The van der Waals surface area contributed by atoms with Crippen LogP contribution in [-0.4, -0.2) is 26.0 Å². The quantitative estimate of drug-likeness (QED) is 0.707. The van der Waals surface area contributed by atoms with Gasteiger partial charge in [0.25, 0.3) is 0 Å². The number of nitrogens with one attached hydrogen (secondary N) is 1. The second-order valence-corrected chi connectivity index (χ2v) is 6.99. The minimum Gasteiger partial charge on any atom is -0.489 e. The van der Waals surface area contributed by atoms with Crippen molar-refractivity contribution >= 4 is 23.3 Å². The lowest BCUT2D eigenvalue weighted by Gasteiger charge is -2.27. The van der Waals surface area contributed by atoms with Gasteiger partial charge < -0.3 is 10.1 Å². The van der Waals surface area contributed by atoms with E-state index in [4.69, 9.17) is 16.3 Å². The minimum atomic E-state index is -0.380. The first kappa shape index (κ1) is 18.2. The highest BCUT2D eigenvalue weighted by molar-refractivity contribution is 6.30. The Bertz CT molecular complexity index is 1040. The number of allylic oxidation sites excluding steroid dienone is 2. The summed E-state index contributed by atoms with van der Waals surface area (Å²) in [4.78, 5) is 12.3. The normalized spacial score (nSPS) is 15.8. The minimum absolute atomic E-state index is 0.0285. The third-order valence-electron chi connectivity index (χ3n) is 4.61. The molecule has 1 atom stereocenters. The summed E-state index contributed by atoms with van der Waals surface area (Å²) in [7, 11) is 0. The Morgan fingerprint density at radius 3 is 2.57 bits per heavy atom. The lowest BCUT2D eigenvalue weighted by atomic mass is 9.93. The lowest BCUT2D eigenvalue weighted by molar-refractivity contribution is -0.114. The SMILES string of the molecule is CC(=O)C1=C(C)Nc2nnnn2C1c1ccc(OCc2ccc(Cl)cc2)cc1. The molecular formula is C20H18ClN5O2. The number of halogens is 1. The Morgan fingerprint density at radius 1 is 1.18 bits per heavy atom. The van der Waals surface area contributed by atoms with Crippen molar-refractivity contribution in [1.82, 2.24) is 20.2 Å². The van der Waals surface area contributed by atoms with E-state index < -0.39 is 0 Å². The zero-order valence-corrected chi connectivity index (χ0v) is 16.1. The number of hydrogen-bond acceptors (Lipinski definition) is 6. The maximum atomic E-state index is 12.3. The predicted octanol–water partition coefficient (Wildman–Crippen LogP) is 3.78. The van der Waals surface area contributed by atoms with Gasteiger partial charge in [-0.25, -0.2) is 0 Å². The molecule has 3 aromatic rings. The van der Waals surface area contributed by atoms with Crippen molar-refractivity contribution < 1.29 is 9.53 Å². The second-order valence-electron chi connectivity index (χ2n) is 6.55. The largest absolute Gasteiger partial charge is 0.489 e. The fraction of sp³-hybridized carbons (Fsp3) is 0.200. The van der Waals surface area contributed by atoms with E-state index in [1.54, 1.807) is 11.6 Å². The van der Waals surface area contributed by atoms with Gasteiger partial charge in [-0.15, -0.1) is 0 Å². The third kappa shape index (κ3) is 3.48. The van der Waals surface area contributed by atoms with Gasteiger partial charge in [0.2, 0.25) is 5.95 Å². The number of nitrogens with zero attached hydrogens (tertiary/aromatic N) is 4. The van der Waals surface area contributed by atoms with Gasteiger partial charge in [0.15, 0.2) is 5.78 Å². The molecule has 1 aromatic heterocycles. The first-order valence-corrected chi connectivity index (χ1v) is 9.14. The molecule has 0 fully saturated rings. The van der Waals surface area contributed by atoms with Gasteiger partial charge in [-0.05, 0) is 59.7 Å². The van der Waals surface area contributed by atoms with E-state index in [9.17, 15) is 4.79 Å². The van der Waals surface area contributed by atoms with E-state index in [0.717, 1.165) is 22.6 Å². The Balaban J connectivity index is 1.57. The van der Waals surface area contributed by atoms with Gasteiger partial charge in [-0.2, -0.15) is 4.68 Å². The molecule has 0 aliphatic carbocycles. The molecule has 2 aromatic carbocycles. The van der Waals surface area contributed by atoms with Crippen molar-refractivity contribution in [2.24, 2.45) is 0 Å². The van der Waals surface area contributed by atoms with Crippen LogP contribution in [0.5, 0.6) is 5.75 Å². The molecule has 1 unspecified atom stereocenters. The number of hydrogen-bond donors (Lipinski definition) is 1. The molecule has 142 valence electrons. The summed E-state index contributed by atoms with van der Waals surface area (Å²) in [6.07, 6.45) is 0. The highest BCUT2D eigenvalue weighted by Gasteiger charge is 2.32. The molecule has 1 aliphatic rings. The van der Waals surface area contributed by atoms with Crippen molar-refractivity contribution in [3.05, 3.63) is 76.0 Å². The third-order valence-corrected chi connectivity index (χ3v) is 4.86. The Kier molecular flexibility index (Phi) is 4.83. The average molecular weight is 396 g/mol. The van der Waals surface area contributed by atoms with Crippen LogP contribution >= 0.6 is 11.6 Å². The molecule has 0 bridgehead atoms. The molecule has 0 spiro atoms. The van der Waals surface area contributed by atoms with Gasteiger partial charge in [-0.3, -0.25) is 4.79 Å². The monoisotopic (exact) mass is 395 g/mol. The van der Waals surface area contributed by atoms with Crippen LogP contribution in [0, 0.1) is 0 Å². The number of rotatable bonds is 5. The molecule has 8 heteroatoms. The highest BCUT2D eigenvalue weighted by Crippen LogP contribution is 2.35. The van der Waals surface area contributed by atoms with E-state index in [1.165, 1.54) is 0 Å². The van der Waals surface area contributed by atoms with Crippen LogP contribution in [0.1, 0.15) is 31.0 Å². The number of ketones is 1. The maximum Gasteiger partial charge on any atom is 0.248 e. The summed E-state index contributed by atoms with van der Waals surface area (Å²) < 4.78 is 7.46. The second kappa shape index (κ2) is 7.44. The number of fused-ring (bicyclic) bond motifs is 1. The van der Waals surface area contributed by atoms with Crippen LogP contribution in [0.4, 0.5) is 5.95 Å². The van der Waals surface area contributed by atoms with Gasteiger partial charge in [0.1, 0.15) is 18.4 Å². The molecule has 1 N–H and O–H groups in total. The average Bonchev–Trinajstić information content (AvgIpc) is 3.14. The number of tetrazole rings is 1. The molecule has 1 aliphatic heterocycles. The summed E-state index contributed by atoms with van der Waals surface area (Å²) >= 11 is 5.90. The summed E-state index contributed by atoms with van der Waals surface area (Å²) in [6, 6.07) is 14.8. The topological polar surface area (TPSA) is 81.9 Å². The number of aromatic nitrogens is 4. The van der Waals surface area contributed by atoms with E-state index >= 15 is 0 Å². The molecule has 0 saturated heterocycles. The van der Waals surface area contributed by atoms with Gasteiger partial charge in [0.05, 0.1) is 0 Å². The smallest absolute Gasteiger partial charge is 0.248 e. The standard InChI is InChI=1S/C20H18ClN5O2/c1-12-18(13(2)27)19(26-20(22-12)23-24-25-26)15-5-9-17(10-6-15)28-11-14-3-7-16(21)8-4-14/h3-10,19H,11H2,1-2H3,(H,22,23,25). The highest BCUT2D eigenvalue weighted by atomic mass is 35.5. The zero-order valence-electron chi connectivity index (χ0n) is 15.4. The van der Waals surface area contributed by atoms with Crippen LogP contribution in [-0.2, 0) is 11.4 Å². The molecule has 0 amide bonds. The molecule has 28 heavy (non-hydrogen) atoms. The van der Waals surface area contributed by atoms with Crippen LogP contribution in [0.25, 0.3) is 0 Å². The summed E-state index contributed by atoms with van der Waals surface area (Å²) in [5.74, 6) is 1.21. The first-order chi connectivity index (χ1) is 13.5. The number of anilines is 1. The summed E-state index contributed by atoms with van der Waals surface area (Å²) in [5.41, 5.74) is 3.32. The number of benzene rings is 2. The Morgan fingerprint density at radius 2 is 1.89 bits per heavy atom. The van der Waals surface area contributed by atoms with Crippen molar-refractivity contribution in [3.63, 3.8) is 0 Å². The van der Waals surface area contributed by atoms with Gasteiger partial charge in [0, 0.05) is 16.3 Å². The predicted molar refractivity (Wildman–Crippen MR) is 105 cm³/mol. The van der Waals surface area contributed by atoms with Gasteiger partial charge >= 0.3 is 0 Å². The number of Topliss-reactive ketones (excluding diaryl/α,β-unsaturated/α-hetero) is 1. The molecular weight excluding hydrogens is 378 g/mol. The van der Waals surface area contributed by atoms with E-state index in [1.807, 2.05) is 55.5 Å². The fourth-order valence-corrected chi connectivity index (χ4v) is 3.40. The molecule has 7 nitrogen and oxygen atoms in total. The van der Waals surface area contributed by atoms with Crippen LogP contribution in [0.2, 0.25) is 5.02 Å². The van der Waals surface area contributed by atoms with Crippen molar-refractivity contribution in [2.75, 3.05) is 5.32 Å². The first-order valence-electron chi connectivity index (χ1n) is 8.76. The van der Waals surface area contributed by atoms with Crippen molar-refractivity contribution in [1.29, 1.82) is 0 Å². The van der Waals surface area contributed by atoms with Crippen LogP contribution < -0.4 is 10.1 Å². The molecule has 0 saturated carbocycles. The van der Waals surface area contributed by atoms with E-state index in [2.05, 4.69) is 20.8 Å². The van der Waals surface area contributed by atoms with Crippen molar-refractivity contribution in [2.45, 2.75) is 26.5 Å². The maximum absolute atomic E-state index is 12.3. The summed E-state index contributed by atoms with van der Waals surface area (Å²) in [5, 5.41) is 15.5. The Labute approximate surface area is 167 Å². The zero-order chi connectivity index (χ0) is 19.7. The molecule has 2 heterocycles.